The lowest BCUT2D eigenvalue weighted by molar-refractivity contribution is -0.130. The van der Waals surface area contributed by atoms with E-state index in [-0.39, 0.29) is 19.1 Å². The smallest absolute Gasteiger partial charge is 0.255 e. The first-order chi connectivity index (χ1) is 6.42. The molecule has 2 nitrogen and oxygen atoms in total. The molecule has 0 aromatic carbocycles. The number of piperidine rings is 1. The normalized spacial score (nSPS) is 28.3. The van der Waals surface area contributed by atoms with Crippen LogP contribution in [0.25, 0.3) is 0 Å². The Hall–Kier alpha value is -0.220. The highest BCUT2D eigenvalue weighted by molar-refractivity contribution is 4.85. The van der Waals surface area contributed by atoms with Crippen molar-refractivity contribution in [1.29, 1.82) is 0 Å². The standard InChI is InChI=1S/C10H19F2NO/c1-8(2)14-7-9-6-13(3)5-4-10(9,11)12/h8-9H,4-7H2,1-3H3. The van der Waals surface area contributed by atoms with Crippen molar-refractivity contribution in [1.82, 2.24) is 4.90 Å². The molecule has 1 heterocycles. The van der Waals surface area contributed by atoms with Crippen LogP contribution in [-0.4, -0.2) is 43.7 Å². The highest BCUT2D eigenvalue weighted by Gasteiger charge is 2.43. The van der Waals surface area contributed by atoms with Crippen LogP contribution in [0.4, 0.5) is 8.78 Å². The van der Waals surface area contributed by atoms with Crippen LogP contribution in [0.2, 0.25) is 0 Å². The average Bonchev–Trinajstić information content (AvgIpc) is 2.07. The van der Waals surface area contributed by atoms with Crippen molar-refractivity contribution in [3.8, 4) is 0 Å². The maximum Gasteiger partial charge on any atom is 0.255 e. The molecule has 1 unspecified atom stereocenters. The van der Waals surface area contributed by atoms with Gasteiger partial charge in [0, 0.05) is 19.5 Å². The first-order valence-corrected chi connectivity index (χ1v) is 5.10. The monoisotopic (exact) mass is 207 g/mol. The Balaban J connectivity index is 2.46. The first-order valence-electron chi connectivity index (χ1n) is 5.10. The predicted molar refractivity (Wildman–Crippen MR) is 51.6 cm³/mol. The zero-order valence-electron chi connectivity index (χ0n) is 9.09. The largest absolute Gasteiger partial charge is 0.378 e. The molecule has 0 aliphatic carbocycles. The van der Waals surface area contributed by atoms with Gasteiger partial charge in [0.15, 0.2) is 0 Å². The first kappa shape index (κ1) is 11.9. The van der Waals surface area contributed by atoms with Crippen molar-refractivity contribution in [2.75, 3.05) is 26.7 Å². The molecule has 1 atom stereocenters. The highest BCUT2D eigenvalue weighted by atomic mass is 19.3. The van der Waals surface area contributed by atoms with Crippen LogP contribution in [-0.2, 0) is 4.74 Å². The Kier molecular flexibility index (Phi) is 3.84. The summed E-state index contributed by atoms with van der Waals surface area (Å²) in [6.07, 6.45) is -0.0201. The van der Waals surface area contributed by atoms with Crippen LogP contribution >= 0.6 is 0 Å². The molecule has 4 heteroatoms. The second kappa shape index (κ2) is 4.53. The second-order valence-electron chi connectivity index (χ2n) is 4.35. The molecule has 1 aliphatic heterocycles. The van der Waals surface area contributed by atoms with Crippen LogP contribution in [0.1, 0.15) is 20.3 Å². The van der Waals surface area contributed by atoms with Gasteiger partial charge in [0.25, 0.3) is 5.92 Å². The van der Waals surface area contributed by atoms with E-state index in [1.54, 1.807) is 0 Å². The molecule has 1 aliphatic rings. The minimum atomic E-state index is -2.55. The number of hydrogen-bond acceptors (Lipinski definition) is 2. The van der Waals surface area contributed by atoms with E-state index in [0.717, 1.165) is 0 Å². The Labute approximate surface area is 84.2 Å². The Morgan fingerprint density at radius 1 is 1.50 bits per heavy atom. The molecule has 1 fully saturated rings. The summed E-state index contributed by atoms with van der Waals surface area (Å²) in [5, 5.41) is 0. The van der Waals surface area contributed by atoms with Gasteiger partial charge in [0.1, 0.15) is 0 Å². The van der Waals surface area contributed by atoms with Crippen LogP contribution in [0.15, 0.2) is 0 Å². The lowest BCUT2D eigenvalue weighted by Gasteiger charge is -2.36. The topological polar surface area (TPSA) is 12.5 Å². The van der Waals surface area contributed by atoms with Gasteiger partial charge in [0.05, 0.1) is 18.6 Å². The predicted octanol–water partition coefficient (Wildman–Crippen LogP) is 2.00. The van der Waals surface area contributed by atoms with E-state index in [0.29, 0.717) is 13.1 Å². The van der Waals surface area contributed by atoms with E-state index in [1.165, 1.54) is 0 Å². The van der Waals surface area contributed by atoms with E-state index in [2.05, 4.69) is 0 Å². The van der Waals surface area contributed by atoms with Gasteiger partial charge in [0.2, 0.25) is 0 Å². The number of hydrogen-bond donors (Lipinski definition) is 0. The van der Waals surface area contributed by atoms with Crippen LogP contribution in [0.5, 0.6) is 0 Å². The molecule has 1 rings (SSSR count). The van der Waals surface area contributed by atoms with Crippen molar-refractivity contribution >= 4 is 0 Å². The van der Waals surface area contributed by atoms with Gasteiger partial charge in [-0.1, -0.05) is 0 Å². The fraction of sp³-hybridized carbons (Fsp3) is 1.00. The molecule has 84 valence electrons. The zero-order chi connectivity index (χ0) is 10.8. The Bertz CT molecular complexity index is 185. The summed E-state index contributed by atoms with van der Waals surface area (Å²) in [5.74, 6) is -3.20. The summed E-state index contributed by atoms with van der Waals surface area (Å²) >= 11 is 0. The molecule has 0 bridgehead atoms. The maximum absolute atomic E-state index is 13.4. The summed E-state index contributed by atoms with van der Waals surface area (Å²) in [6, 6.07) is 0. The third kappa shape index (κ3) is 3.17. The minimum absolute atomic E-state index is 0.0260. The molecule has 0 spiro atoms. The van der Waals surface area contributed by atoms with Gasteiger partial charge in [-0.15, -0.1) is 0 Å². The van der Waals surface area contributed by atoms with Gasteiger partial charge in [-0.25, -0.2) is 8.78 Å². The summed E-state index contributed by atoms with van der Waals surface area (Å²) in [7, 11) is 1.87. The van der Waals surface area contributed by atoms with Gasteiger partial charge >= 0.3 is 0 Å². The second-order valence-corrected chi connectivity index (χ2v) is 4.35. The quantitative estimate of drug-likeness (QED) is 0.701. The van der Waals surface area contributed by atoms with E-state index >= 15 is 0 Å². The summed E-state index contributed by atoms with van der Waals surface area (Å²) in [4.78, 5) is 1.94. The number of nitrogens with zero attached hydrogens (tertiary/aromatic N) is 1. The third-order valence-corrected chi connectivity index (χ3v) is 2.59. The van der Waals surface area contributed by atoms with E-state index in [1.807, 2.05) is 25.8 Å². The summed E-state index contributed by atoms with van der Waals surface area (Å²) in [6.45, 7) is 4.80. The van der Waals surface area contributed by atoms with E-state index < -0.39 is 11.8 Å². The van der Waals surface area contributed by atoms with Gasteiger partial charge < -0.3 is 9.64 Å². The molecule has 0 saturated carbocycles. The molecular weight excluding hydrogens is 188 g/mol. The fourth-order valence-electron chi connectivity index (χ4n) is 1.63. The number of likely N-dealkylation sites (tertiary alicyclic amines) is 1. The molecule has 0 aromatic heterocycles. The number of alkyl halides is 2. The molecule has 14 heavy (non-hydrogen) atoms. The maximum atomic E-state index is 13.4. The van der Waals surface area contributed by atoms with Gasteiger partial charge in [-0.3, -0.25) is 0 Å². The number of halogens is 2. The molecule has 0 radical (unpaired) electrons. The molecule has 0 amide bonds. The Morgan fingerprint density at radius 3 is 2.71 bits per heavy atom. The Morgan fingerprint density at radius 2 is 2.14 bits per heavy atom. The summed E-state index contributed by atoms with van der Waals surface area (Å²) in [5.41, 5.74) is 0. The van der Waals surface area contributed by atoms with E-state index in [4.69, 9.17) is 4.74 Å². The lowest BCUT2D eigenvalue weighted by Crippen LogP contribution is -2.47. The molecule has 0 aromatic rings. The van der Waals surface area contributed by atoms with Crippen LogP contribution in [0.3, 0.4) is 0 Å². The van der Waals surface area contributed by atoms with Crippen molar-refractivity contribution < 1.29 is 13.5 Å². The van der Waals surface area contributed by atoms with Crippen molar-refractivity contribution in [2.45, 2.75) is 32.3 Å². The zero-order valence-corrected chi connectivity index (χ0v) is 9.09. The molecule has 0 N–H and O–H groups in total. The minimum Gasteiger partial charge on any atom is -0.378 e. The van der Waals surface area contributed by atoms with Crippen LogP contribution < -0.4 is 0 Å². The van der Waals surface area contributed by atoms with Crippen LogP contribution in [0, 0.1) is 5.92 Å². The van der Waals surface area contributed by atoms with E-state index in [9.17, 15) is 8.78 Å². The number of ether oxygens (including phenoxy) is 1. The fourth-order valence-corrected chi connectivity index (χ4v) is 1.63. The molecule has 1 saturated heterocycles. The van der Waals surface area contributed by atoms with Gasteiger partial charge in [-0.2, -0.15) is 0 Å². The summed E-state index contributed by atoms with van der Waals surface area (Å²) < 4.78 is 32.0. The highest BCUT2D eigenvalue weighted by Crippen LogP contribution is 2.33. The average molecular weight is 207 g/mol. The lowest BCUT2D eigenvalue weighted by atomic mass is 9.94. The number of rotatable bonds is 3. The molecular formula is C10H19F2NO. The van der Waals surface area contributed by atoms with Gasteiger partial charge in [-0.05, 0) is 20.9 Å². The van der Waals surface area contributed by atoms with Crippen molar-refractivity contribution in [3.63, 3.8) is 0 Å². The SMILES string of the molecule is CC(C)OCC1CN(C)CCC1(F)F. The van der Waals surface area contributed by atoms with Crippen molar-refractivity contribution in [2.24, 2.45) is 5.92 Å². The van der Waals surface area contributed by atoms with Crippen molar-refractivity contribution in [3.05, 3.63) is 0 Å². The third-order valence-electron chi connectivity index (χ3n) is 2.59.